The minimum atomic E-state index is -0.959. The van der Waals surface area contributed by atoms with Crippen molar-refractivity contribution < 1.29 is 9.90 Å². The van der Waals surface area contributed by atoms with Gasteiger partial charge >= 0.3 is 5.97 Å². The molecular weight excluding hydrogens is 202 g/mol. The van der Waals surface area contributed by atoms with Crippen molar-refractivity contribution in [3.63, 3.8) is 0 Å². The molecule has 0 spiro atoms. The quantitative estimate of drug-likeness (QED) is 0.769. The molecule has 0 radical (unpaired) electrons. The Morgan fingerprint density at radius 3 is 2.19 bits per heavy atom. The Morgan fingerprint density at radius 1 is 1.38 bits per heavy atom. The van der Waals surface area contributed by atoms with Gasteiger partial charge in [0.15, 0.2) is 0 Å². The lowest BCUT2D eigenvalue weighted by Crippen LogP contribution is -2.32. The Bertz CT molecular complexity index is 329. The van der Waals surface area contributed by atoms with E-state index in [2.05, 4.69) is 6.58 Å². The number of carboxylic acid groups (broad SMARTS) is 1. The van der Waals surface area contributed by atoms with E-state index in [1.54, 1.807) is 0 Å². The largest absolute Gasteiger partial charge is 0.480 e. The Labute approximate surface area is 96.6 Å². The maximum Gasteiger partial charge on any atom is 0.320 e. The van der Waals surface area contributed by atoms with Crippen LogP contribution in [0.25, 0.3) is 0 Å². The number of nitrogens with two attached hydrogens (primary N) is 1. The summed E-state index contributed by atoms with van der Waals surface area (Å²) in [5.41, 5.74) is 7.47. The average Bonchev–Trinajstić information content (AvgIpc) is 2.18. The van der Waals surface area contributed by atoms with Gasteiger partial charge < -0.3 is 10.8 Å². The minimum absolute atomic E-state index is 0.385. The van der Waals surface area contributed by atoms with E-state index >= 15 is 0 Å². The molecule has 0 heterocycles. The summed E-state index contributed by atoms with van der Waals surface area (Å²) < 4.78 is 0. The van der Waals surface area contributed by atoms with Crippen LogP contribution < -0.4 is 5.73 Å². The highest BCUT2D eigenvalue weighted by Crippen LogP contribution is 2.01. The highest BCUT2D eigenvalue weighted by Gasteiger charge is 2.10. The Morgan fingerprint density at radius 2 is 1.81 bits per heavy atom. The molecule has 0 saturated carbocycles. The molecule has 0 fully saturated rings. The summed E-state index contributed by atoms with van der Waals surface area (Å²) in [4.78, 5) is 10.4. The first-order valence-electron chi connectivity index (χ1n) is 5.08. The van der Waals surface area contributed by atoms with E-state index in [0.29, 0.717) is 6.42 Å². The number of carboxylic acids is 1. The van der Waals surface area contributed by atoms with Gasteiger partial charge in [-0.2, -0.15) is 0 Å². The van der Waals surface area contributed by atoms with Crippen LogP contribution in [0.5, 0.6) is 0 Å². The third kappa shape index (κ3) is 7.76. The summed E-state index contributed by atoms with van der Waals surface area (Å²) in [6.07, 6.45) is 0.385. The second-order valence-electron chi connectivity index (χ2n) is 3.84. The topological polar surface area (TPSA) is 63.3 Å². The van der Waals surface area contributed by atoms with Gasteiger partial charge in [0.2, 0.25) is 0 Å². The van der Waals surface area contributed by atoms with Gasteiger partial charge in [-0.15, -0.1) is 6.58 Å². The molecule has 3 N–H and O–H groups in total. The lowest BCUT2D eigenvalue weighted by atomic mass is 10.1. The number of carbonyl (C=O) groups is 1. The van der Waals surface area contributed by atoms with Crippen molar-refractivity contribution in [2.75, 3.05) is 0 Å². The van der Waals surface area contributed by atoms with Crippen LogP contribution >= 0.6 is 0 Å². The Hall–Kier alpha value is -1.61. The maximum absolute atomic E-state index is 10.4. The number of hydrogen-bond acceptors (Lipinski definition) is 2. The van der Waals surface area contributed by atoms with Crippen molar-refractivity contribution in [3.05, 3.63) is 48.0 Å². The SMILES string of the molecule is C=C(C)C.N[C@@H](Cc1ccccc1)C(=O)O. The van der Waals surface area contributed by atoms with Crippen LogP contribution in [0.4, 0.5) is 0 Å². The molecule has 1 atom stereocenters. The van der Waals surface area contributed by atoms with Gasteiger partial charge in [-0.1, -0.05) is 35.9 Å². The first-order valence-corrected chi connectivity index (χ1v) is 5.08. The second kappa shape index (κ2) is 7.65. The predicted molar refractivity (Wildman–Crippen MR) is 66.2 cm³/mol. The van der Waals surface area contributed by atoms with E-state index in [1.165, 1.54) is 5.57 Å². The third-order valence-corrected chi connectivity index (χ3v) is 1.62. The van der Waals surface area contributed by atoms with Gasteiger partial charge in [0.05, 0.1) is 0 Å². The molecule has 0 unspecified atom stereocenters. The molecule has 0 aromatic heterocycles. The number of allylic oxidation sites excluding steroid dienone is 1. The van der Waals surface area contributed by atoms with E-state index < -0.39 is 12.0 Å². The highest BCUT2D eigenvalue weighted by molar-refractivity contribution is 5.73. The normalized spacial score (nSPS) is 10.9. The number of hydrogen-bond donors (Lipinski definition) is 2. The fraction of sp³-hybridized carbons (Fsp3) is 0.308. The van der Waals surface area contributed by atoms with Crippen molar-refractivity contribution in [2.24, 2.45) is 5.73 Å². The van der Waals surface area contributed by atoms with Crippen molar-refractivity contribution >= 4 is 5.97 Å². The van der Waals surface area contributed by atoms with E-state index in [9.17, 15) is 4.79 Å². The zero-order chi connectivity index (χ0) is 12.6. The number of rotatable bonds is 3. The molecule has 0 saturated heterocycles. The molecule has 1 aromatic carbocycles. The number of benzene rings is 1. The fourth-order valence-electron chi connectivity index (χ4n) is 0.955. The van der Waals surface area contributed by atoms with Gasteiger partial charge in [-0.3, -0.25) is 4.79 Å². The van der Waals surface area contributed by atoms with Crippen LogP contribution in [0.3, 0.4) is 0 Å². The summed E-state index contributed by atoms with van der Waals surface area (Å²) >= 11 is 0. The van der Waals surface area contributed by atoms with E-state index in [-0.39, 0.29) is 0 Å². The van der Waals surface area contributed by atoms with Crippen LogP contribution in [0, 0.1) is 0 Å². The van der Waals surface area contributed by atoms with Crippen molar-refractivity contribution in [1.29, 1.82) is 0 Å². The molecule has 0 bridgehead atoms. The average molecular weight is 221 g/mol. The molecule has 0 aliphatic rings. The van der Waals surface area contributed by atoms with Crippen LogP contribution in [0.1, 0.15) is 19.4 Å². The molecule has 3 nitrogen and oxygen atoms in total. The van der Waals surface area contributed by atoms with Gasteiger partial charge in [0.1, 0.15) is 6.04 Å². The zero-order valence-electron chi connectivity index (χ0n) is 9.81. The van der Waals surface area contributed by atoms with Crippen LogP contribution in [-0.2, 0) is 11.2 Å². The maximum atomic E-state index is 10.4. The lowest BCUT2D eigenvalue weighted by Gasteiger charge is -2.04. The predicted octanol–water partition coefficient (Wildman–Crippen LogP) is 2.22. The van der Waals surface area contributed by atoms with Gasteiger partial charge in [0.25, 0.3) is 0 Å². The molecule has 16 heavy (non-hydrogen) atoms. The van der Waals surface area contributed by atoms with E-state index in [1.807, 2.05) is 44.2 Å². The summed E-state index contributed by atoms with van der Waals surface area (Å²) in [5, 5.41) is 8.52. The van der Waals surface area contributed by atoms with Crippen molar-refractivity contribution in [3.8, 4) is 0 Å². The summed E-state index contributed by atoms with van der Waals surface area (Å²) in [6, 6.07) is 8.54. The Kier molecular flexibility index (Phi) is 6.88. The monoisotopic (exact) mass is 221 g/mol. The zero-order valence-corrected chi connectivity index (χ0v) is 9.81. The highest BCUT2D eigenvalue weighted by atomic mass is 16.4. The first kappa shape index (κ1) is 14.4. The van der Waals surface area contributed by atoms with Gasteiger partial charge in [-0.05, 0) is 25.8 Å². The summed E-state index contributed by atoms with van der Waals surface area (Å²) in [7, 11) is 0. The smallest absolute Gasteiger partial charge is 0.320 e. The first-order chi connectivity index (χ1) is 7.43. The molecule has 88 valence electrons. The van der Waals surface area contributed by atoms with E-state index in [0.717, 1.165) is 5.56 Å². The standard InChI is InChI=1S/C9H11NO2.C4H8/c10-8(9(11)12)6-7-4-2-1-3-5-7;1-4(2)3/h1-5,8H,6,10H2,(H,11,12);1H2,2-3H3/t8-;/m0./s1. The van der Waals surface area contributed by atoms with Crippen LogP contribution in [0.15, 0.2) is 42.5 Å². The minimum Gasteiger partial charge on any atom is -0.480 e. The second-order valence-corrected chi connectivity index (χ2v) is 3.84. The van der Waals surface area contributed by atoms with Gasteiger partial charge in [0, 0.05) is 0 Å². The summed E-state index contributed by atoms with van der Waals surface area (Å²) in [6.45, 7) is 7.50. The molecule has 3 heteroatoms. The molecule has 0 aliphatic heterocycles. The molecule has 0 amide bonds. The summed E-state index contributed by atoms with van der Waals surface area (Å²) in [5.74, 6) is -0.959. The lowest BCUT2D eigenvalue weighted by molar-refractivity contribution is -0.138. The molecule has 1 rings (SSSR count). The van der Waals surface area contributed by atoms with E-state index in [4.69, 9.17) is 10.8 Å². The van der Waals surface area contributed by atoms with Crippen LogP contribution in [-0.4, -0.2) is 17.1 Å². The molecule has 1 aromatic rings. The third-order valence-electron chi connectivity index (χ3n) is 1.62. The Balaban J connectivity index is 0.000000487. The van der Waals surface area contributed by atoms with Crippen LogP contribution in [0.2, 0.25) is 0 Å². The molecular formula is C13H19NO2. The van der Waals surface area contributed by atoms with Gasteiger partial charge in [-0.25, -0.2) is 0 Å². The number of aliphatic carboxylic acids is 1. The van der Waals surface area contributed by atoms with Crippen molar-refractivity contribution in [1.82, 2.24) is 0 Å². The van der Waals surface area contributed by atoms with Crippen molar-refractivity contribution in [2.45, 2.75) is 26.3 Å². The molecule has 0 aliphatic carbocycles. The fourth-order valence-corrected chi connectivity index (χ4v) is 0.955.